The predicted molar refractivity (Wildman–Crippen MR) is 133 cm³/mol. The van der Waals surface area contributed by atoms with Crippen LogP contribution in [0.3, 0.4) is 0 Å². The minimum absolute atomic E-state index is 0.285. The maximum absolute atomic E-state index is 14.7. The van der Waals surface area contributed by atoms with Gasteiger partial charge in [-0.25, -0.2) is 19.2 Å². The zero-order valence-electron chi connectivity index (χ0n) is 20.6. The molecule has 0 bridgehead atoms. The van der Waals surface area contributed by atoms with Crippen molar-refractivity contribution in [3.8, 4) is 11.3 Å². The monoisotopic (exact) mass is 487 g/mol. The Morgan fingerprint density at radius 2 is 1.77 bits per heavy atom. The Bertz CT molecular complexity index is 971. The van der Waals surface area contributed by atoms with E-state index in [1.807, 2.05) is 11.7 Å². The molecule has 9 nitrogen and oxygen atoms in total. The average molecular weight is 488 g/mol. The standard InChI is InChI=1S/C25H38FN7O2/c1-33-22(14-17-6-7-17)20(15-30-33)23-21(26)16-29-24(32-23)31-19-10-8-18(9-11-19)27-12-4-2-3-5-13-28-25(34)35/h15-19,27-28H,2-14H2,1H3,(H,34,35)(H,29,31,32). The van der Waals surface area contributed by atoms with Gasteiger partial charge in [-0.2, -0.15) is 5.10 Å². The number of halogens is 1. The summed E-state index contributed by atoms with van der Waals surface area (Å²) >= 11 is 0. The van der Waals surface area contributed by atoms with E-state index in [0.29, 0.717) is 30.1 Å². The second-order valence-corrected chi connectivity index (χ2v) is 9.96. The van der Waals surface area contributed by atoms with Crippen molar-refractivity contribution in [3.05, 3.63) is 23.9 Å². The molecule has 0 saturated heterocycles. The Labute approximate surface area is 206 Å². The zero-order chi connectivity index (χ0) is 24.6. The lowest BCUT2D eigenvalue weighted by Crippen LogP contribution is -2.37. The van der Waals surface area contributed by atoms with E-state index in [1.54, 1.807) is 6.20 Å². The van der Waals surface area contributed by atoms with E-state index in [1.165, 1.54) is 19.0 Å². The van der Waals surface area contributed by atoms with Gasteiger partial charge in [-0.15, -0.1) is 0 Å². The first-order chi connectivity index (χ1) is 17.0. The number of nitrogens with zero attached hydrogens (tertiary/aromatic N) is 4. The van der Waals surface area contributed by atoms with Gasteiger partial charge in [0, 0.05) is 36.9 Å². The number of aryl methyl sites for hydroxylation is 1. The van der Waals surface area contributed by atoms with Crippen LogP contribution in [-0.4, -0.2) is 56.1 Å². The average Bonchev–Trinajstić information content (AvgIpc) is 3.59. The molecule has 35 heavy (non-hydrogen) atoms. The summed E-state index contributed by atoms with van der Waals surface area (Å²) in [5.41, 5.74) is 2.15. The van der Waals surface area contributed by atoms with Crippen LogP contribution in [0.25, 0.3) is 11.3 Å². The highest BCUT2D eigenvalue weighted by molar-refractivity contribution is 5.64. The Kier molecular flexibility index (Phi) is 8.90. The number of nitrogens with one attached hydrogen (secondary N) is 3. The number of carboxylic acid groups (broad SMARTS) is 1. The Morgan fingerprint density at radius 3 is 2.49 bits per heavy atom. The summed E-state index contributed by atoms with van der Waals surface area (Å²) in [6.07, 6.45) is 13.8. The summed E-state index contributed by atoms with van der Waals surface area (Å²) in [5, 5.41) is 22.4. The fourth-order valence-corrected chi connectivity index (χ4v) is 4.85. The molecule has 2 aromatic heterocycles. The molecule has 0 atom stereocenters. The summed E-state index contributed by atoms with van der Waals surface area (Å²) in [4.78, 5) is 19.2. The van der Waals surface area contributed by atoms with Crippen molar-refractivity contribution in [1.82, 2.24) is 30.4 Å². The largest absolute Gasteiger partial charge is 0.465 e. The van der Waals surface area contributed by atoms with Gasteiger partial charge in [0.1, 0.15) is 5.69 Å². The summed E-state index contributed by atoms with van der Waals surface area (Å²) in [5.74, 6) is 0.750. The molecule has 2 heterocycles. The van der Waals surface area contributed by atoms with E-state index in [2.05, 4.69) is 31.0 Å². The molecule has 0 unspecified atom stereocenters. The lowest BCUT2D eigenvalue weighted by atomic mass is 9.91. The fourth-order valence-electron chi connectivity index (χ4n) is 4.85. The number of hydrogen-bond donors (Lipinski definition) is 4. The van der Waals surface area contributed by atoms with Crippen molar-refractivity contribution >= 4 is 12.0 Å². The topological polar surface area (TPSA) is 117 Å². The normalized spacial score (nSPS) is 20.1. The van der Waals surface area contributed by atoms with E-state index in [-0.39, 0.29) is 6.04 Å². The Hall–Kier alpha value is -2.75. The molecular weight excluding hydrogens is 449 g/mol. The SMILES string of the molecule is Cn1ncc(-c2nc(NC3CCC(NCCCCCCNC(=O)O)CC3)ncc2F)c1CC1CC1. The van der Waals surface area contributed by atoms with E-state index < -0.39 is 11.9 Å². The molecule has 0 radical (unpaired) electrons. The molecule has 0 aromatic carbocycles. The Balaban J connectivity index is 1.20. The van der Waals surface area contributed by atoms with Crippen molar-refractivity contribution in [1.29, 1.82) is 0 Å². The molecule has 2 saturated carbocycles. The molecule has 10 heteroatoms. The summed E-state index contributed by atoms with van der Waals surface area (Å²) < 4.78 is 16.5. The molecule has 2 aliphatic rings. The number of hydrogen-bond acceptors (Lipinski definition) is 6. The van der Waals surface area contributed by atoms with Gasteiger partial charge >= 0.3 is 6.09 Å². The lowest BCUT2D eigenvalue weighted by molar-refractivity contribution is 0.194. The van der Waals surface area contributed by atoms with Crippen LogP contribution in [0.5, 0.6) is 0 Å². The molecule has 2 aromatic rings. The minimum Gasteiger partial charge on any atom is -0.465 e. The third-order valence-electron chi connectivity index (χ3n) is 7.11. The van der Waals surface area contributed by atoms with Crippen molar-refractivity contribution in [3.63, 3.8) is 0 Å². The highest BCUT2D eigenvalue weighted by Gasteiger charge is 2.27. The third kappa shape index (κ3) is 7.62. The number of rotatable bonds is 13. The lowest BCUT2D eigenvalue weighted by Gasteiger charge is -2.30. The number of carbonyl (C=O) groups is 1. The van der Waals surface area contributed by atoms with Gasteiger partial charge in [0.05, 0.1) is 12.4 Å². The summed E-state index contributed by atoms with van der Waals surface area (Å²) in [7, 11) is 1.91. The molecule has 192 valence electrons. The molecular formula is C25H38FN7O2. The number of amides is 1. The molecule has 4 rings (SSSR count). The second kappa shape index (κ2) is 12.3. The number of aromatic nitrogens is 4. The van der Waals surface area contributed by atoms with E-state index in [4.69, 9.17) is 5.11 Å². The van der Waals surface area contributed by atoms with E-state index in [9.17, 15) is 9.18 Å². The molecule has 0 spiro atoms. The second-order valence-electron chi connectivity index (χ2n) is 9.96. The van der Waals surface area contributed by atoms with Crippen molar-refractivity contribution in [2.45, 2.75) is 82.7 Å². The van der Waals surface area contributed by atoms with Crippen LogP contribution in [0.2, 0.25) is 0 Å². The van der Waals surface area contributed by atoms with Gasteiger partial charge in [0.2, 0.25) is 5.95 Å². The summed E-state index contributed by atoms with van der Waals surface area (Å²) in [6.45, 7) is 1.52. The van der Waals surface area contributed by atoms with E-state index >= 15 is 0 Å². The molecule has 0 aliphatic heterocycles. The molecule has 1 amide bonds. The van der Waals surface area contributed by atoms with Crippen LogP contribution in [0.15, 0.2) is 12.4 Å². The van der Waals surface area contributed by atoms with Gasteiger partial charge in [-0.3, -0.25) is 4.68 Å². The number of unbranched alkanes of at least 4 members (excludes halogenated alkanes) is 3. The Morgan fingerprint density at radius 1 is 1.06 bits per heavy atom. The maximum atomic E-state index is 14.7. The zero-order valence-corrected chi connectivity index (χ0v) is 20.6. The van der Waals surface area contributed by atoms with Crippen LogP contribution in [0.1, 0.15) is 69.9 Å². The highest BCUT2D eigenvalue weighted by Crippen LogP contribution is 2.36. The fraction of sp³-hybridized carbons (Fsp3) is 0.680. The first kappa shape index (κ1) is 25.3. The maximum Gasteiger partial charge on any atom is 0.404 e. The third-order valence-corrected chi connectivity index (χ3v) is 7.11. The first-order valence-corrected chi connectivity index (χ1v) is 13.0. The van der Waals surface area contributed by atoms with Gasteiger partial charge < -0.3 is 21.1 Å². The van der Waals surface area contributed by atoms with Crippen LogP contribution < -0.4 is 16.0 Å². The van der Waals surface area contributed by atoms with Crippen molar-refractivity contribution in [2.75, 3.05) is 18.4 Å². The quantitative estimate of drug-likeness (QED) is 0.314. The summed E-state index contributed by atoms with van der Waals surface area (Å²) in [6, 6.07) is 0.805. The van der Waals surface area contributed by atoms with Gasteiger partial charge in [0.15, 0.2) is 5.82 Å². The van der Waals surface area contributed by atoms with Gasteiger partial charge in [0.25, 0.3) is 0 Å². The van der Waals surface area contributed by atoms with Crippen LogP contribution in [-0.2, 0) is 13.5 Å². The van der Waals surface area contributed by atoms with Gasteiger partial charge in [-0.05, 0) is 70.3 Å². The van der Waals surface area contributed by atoms with Crippen LogP contribution >= 0.6 is 0 Å². The highest BCUT2D eigenvalue weighted by atomic mass is 19.1. The van der Waals surface area contributed by atoms with Crippen LogP contribution in [0.4, 0.5) is 15.1 Å². The molecule has 2 aliphatic carbocycles. The number of anilines is 1. The van der Waals surface area contributed by atoms with Crippen LogP contribution in [0, 0.1) is 11.7 Å². The molecule has 2 fully saturated rings. The van der Waals surface area contributed by atoms with E-state index in [0.717, 1.165) is 75.6 Å². The van der Waals surface area contributed by atoms with Gasteiger partial charge in [-0.1, -0.05) is 12.8 Å². The minimum atomic E-state index is -0.949. The predicted octanol–water partition coefficient (Wildman–Crippen LogP) is 4.11. The van der Waals surface area contributed by atoms with Crippen molar-refractivity contribution < 1.29 is 14.3 Å². The van der Waals surface area contributed by atoms with Crippen molar-refractivity contribution in [2.24, 2.45) is 13.0 Å². The smallest absolute Gasteiger partial charge is 0.404 e. The molecule has 4 N–H and O–H groups in total. The first-order valence-electron chi connectivity index (χ1n) is 13.0.